The highest BCUT2D eigenvalue weighted by atomic mass is 79.9. The molecule has 1 aliphatic rings. The molecule has 0 saturated carbocycles. The number of amides is 1. The van der Waals surface area contributed by atoms with Gasteiger partial charge in [0.05, 0.1) is 11.4 Å². The SMILES string of the molecule is Cc1ccc(NCC(=O)Nc2ccc(Br)cc2)cc1S(=O)(=O)N1CCCCC1. The zero-order valence-corrected chi connectivity index (χ0v) is 18.1. The molecule has 0 bridgehead atoms. The van der Waals surface area contributed by atoms with Gasteiger partial charge in [0.25, 0.3) is 0 Å². The van der Waals surface area contributed by atoms with Crippen LogP contribution in [0.4, 0.5) is 11.4 Å². The highest BCUT2D eigenvalue weighted by Crippen LogP contribution is 2.26. The van der Waals surface area contributed by atoms with E-state index in [0.717, 1.165) is 23.7 Å². The molecule has 150 valence electrons. The summed E-state index contributed by atoms with van der Waals surface area (Å²) in [6.07, 6.45) is 2.86. The Morgan fingerprint density at radius 2 is 1.68 bits per heavy atom. The second kappa shape index (κ2) is 9.07. The molecule has 1 aliphatic heterocycles. The van der Waals surface area contributed by atoms with E-state index in [1.54, 1.807) is 41.6 Å². The van der Waals surface area contributed by atoms with Crippen LogP contribution in [0, 0.1) is 6.92 Å². The Hall–Kier alpha value is -1.90. The summed E-state index contributed by atoms with van der Waals surface area (Å²) in [5.74, 6) is -0.205. The van der Waals surface area contributed by atoms with E-state index in [1.807, 2.05) is 12.1 Å². The van der Waals surface area contributed by atoms with E-state index in [1.165, 1.54) is 0 Å². The van der Waals surface area contributed by atoms with Gasteiger partial charge in [0.15, 0.2) is 0 Å². The van der Waals surface area contributed by atoms with Crippen molar-refractivity contribution in [3.8, 4) is 0 Å². The maximum atomic E-state index is 13.0. The lowest BCUT2D eigenvalue weighted by molar-refractivity contribution is -0.114. The molecule has 1 heterocycles. The van der Waals surface area contributed by atoms with Gasteiger partial charge in [-0.15, -0.1) is 0 Å². The van der Waals surface area contributed by atoms with Crippen molar-refractivity contribution in [3.05, 3.63) is 52.5 Å². The first-order valence-electron chi connectivity index (χ1n) is 9.26. The first-order chi connectivity index (χ1) is 13.4. The molecule has 8 heteroatoms. The summed E-state index contributed by atoms with van der Waals surface area (Å²) < 4.78 is 28.5. The van der Waals surface area contributed by atoms with Crippen molar-refractivity contribution in [2.45, 2.75) is 31.1 Å². The maximum absolute atomic E-state index is 13.0. The van der Waals surface area contributed by atoms with Gasteiger partial charge in [0.1, 0.15) is 0 Å². The first-order valence-corrected chi connectivity index (χ1v) is 11.5. The van der Waals surface area contributed by atoms with Crippen LogP contribution in [0.25, 0.3) is 0 Å². The molecule has 0 unspecified atom stereocenters. The molecular formula is C20H24BrN3O3S. The second-order valence-corrected chi connectivity index (χ2v) is 9.68. The number of halogens is 1. The number of piperidine rings is 1. The third-order valence-corrected chi connectivity index (χ3v) is 7.27. The molecule has 0 spiro atoms. The Morgan fingerprint density at radius 3 is 2.36 bits per heavy atom. The van der Waals surface area contributed by atoms with Crippen molar-refractivity contribution in [2.75, 3.05) is 30.3 Å². The smallest absolute Gasteiger partial charge is 0.243 e. The number of nitrogens with one attached hydrogen (secondary N) is 2. The van der Waals surface area contributed by atoms with Crippen LogP contribution in [0.3, 0.4) is 0 Å². The summed E-state index contributed by atoms with van der Waals surface area (Å²) in [6, 6.07) is 12.5. The van der Waals surface area contributed by atoms with E-state index in [9.17, 15) is 13.2 Å². The molecule has 28 heavy (non-hydrogen) atoms. The monoisotopic (exact) mass is 465 g/mol. The van der Waals surface area contributed by atoms with E-state index >= 15 is 0 Å². The summed E-state index contributed by atoms with van der Waals surface area (Å²) in [5, 5.41) is 5.81. The third kappa shape index (κ3) is 5.12. The average molecular weight is 466 g/mol. The van der Waals surface area contributed by atoms with Gasteiger partial charge in [0.2, 0.25) is 15.9 Å². The molecule has 0 aromatic heterocycles. The van der Waals surface area contributed by atoms with Crippen LogP contribution in [-0.4, -0.2) is 38.3 Å². The molecule has 0 atom stereocenters. The number of hydrogen-bond acceptors (Lipinski definition) is 4. The van der Waals surface area contributed by atoms with E-state index < -0.39 is 10.0 Å². The number of carbonyl (C=O) groups excluding carboxylic acids is 1. The Balaban J connectivity index is 1.67. The zero-order chi connectivity index (χ0) is 20.1. The number of hydrogen-bond donors (Lipinski definition) is 2. The Bertz CT molecular complexity index is 940. The van der Waals surface area contributed by atoms with Gasteiger partial charge in [-0.25, -0.2) is 8.42 Å². The molecule has 6 nitrogen and oxygen atoms in total. The van der Waals surface area contributed by atoms with Gasteiger partial charge in [-0.2, -0.15) is 4.31 Å². The molecule has 2 aromatic carbocycles. The highest BCUT2D eigenvalue weighted by Gasteiger charge is 2.27. The molecule has 2 aromatic rings. The zero-order valence-electron chi connectivity index (χ0n) is 15.7. The summed E-state index contributed by atoms with van der Waals surface area (Å²) >= 11 is 3.35. The minimum atomic E-state index is -3.52. The molecule has 2 N–H and O–H groups in total. The Kier molecular flexibility index (Phi) is 6.74. The normalized spacial score (nSPS) is 15.2. The summed E-state index contributed by atoms with van der Waals surface area (Å²) in [5.41, 5.74) is 2.01. The second-order valence-electron chi connectivity index (χ2n) is 6.85. The maximum Gasteiger partial charge on any atom is 0.243 e. The number of rotatable bonds is 6. The van der Waals surface area contributed by atoms with Crippen molar-refractivity contribution >= 4 is 43.2 Å². The van der Waals surface area contributed by atoms with Crippen molar-refractivity contribution in [3.63, 3.8) is 0 Å². The number of benzene rings is 2. The van der Waals surface area contributed by atoms with Crippen molar-refractivity contribution in [1.82, 2.24) is 4.31 Å². The number of sulfonamides is 1. The van der Waals surface area contributed by atoms with Crippen molar-refractivity contribution in [2.24, 2.45) is 0 Å². The molecule has 1 fully saturated rings. The molecule has 3 rings (SSSR count). The highest BCUT2D eigenvalue weighted by molar-refractivity contribution is 9.10. The van der Waals surface area contributed by atoms with Gasteiger partial charge in [-0.05, 0) is 61.7 Å². The predicted octanol–water partition coefficient (Wildman–Crippen LogP) is 3.98. The molecule has 1 saturated heterocycles. The van der Waals surface area contributed by atoms with E-state index in [0.29, 0.717) is 34.9 Å². The number of nitrogens with zero attached hydrogens (tertiary/aromatic N) is 1. The average Bonchev–Trinajstić information content (AvgIpc) is 2.69. The topological polar surface area (TPSA) is 78.5 Å². The van der Waals surface area contributed by atoms with Gasteiger partial charge in [0, 0.05) is 28.9 Å². The van der Waals surface area contributed by atoms with E-state index in [4.69, 9.17) is 0 Å². The fourth-order valence-electron chi connectivity index (χ4n) is 3.15. The quantitative estimate of drug-likeness (QED) is 0.675. The van der Waals surface area contributed by atoms with Crippen molar-refractivity contribution < 1.29 is 13.2 Å². The standard InChI is InChI=1S/C20H24BrN3O3S/c1-15-5-8-18(13-19(15)28(26,27)24-11-3-2-4-12-24)22-14-20(25)23-17-9-6-16(21)7-10-17/h5-10,13,22H,2-4,11-12,14H2,1H3,(H,23,25). The van der Waals surface area contributed by atoms with Gasteiger partial charge in [-0.3, -0.25) is 4.79 Å². The summed E-state index contributed by atoms with van der Waals surface area (Å²) in [4.78, 5) is 12.5. The van der Waals surface area contributed by atoms with Crippen LogP contribution in [0.2, 0.25) is 0 Å². The minimum Gasteiger partial charge on any atom is -0.376 e. The van der Waals surface area contributed by atoms with Gasteiger partial charge < -0.3 is 10.6 Å². The van der Waals surface area contributed by atoms with Crippen LogP contribution in [0.1, 0.15) is 24.8 Å². The van der Waals surface area contributed by atoms with E-state index in [2.05, 4.69) is 26.6 Å². The lowest BCUT2D eigenvalue weighted by atomic mass is 10.2. The number of aryl methyl sites for hydroxylation is 1. The molecule has 1 amide bonds. The lowest BCUT2D eigenvalue weighted by Crippen LogP contribution is -2.36. The fraction of sp³-hybridized carbons (Fsp3) is 0.350. The summed E-state index contributed by atoms with van der Waals surface area (Å²) in [7, 11) is -3.52. The minimum absolute atomic E-state index is 0.0440. The Morgan fingerprint density at radius 1 is 1.04 bits per heavy atom. The van der Waals surface area contributed by atoms with E-state index in [-0.39, 0.29) is 12.5 Å². The van der Waals surface area contributed by atoms with Crippen LogP contribution in [0.15, 0.2) is 51.8 Å². The van der Waals surface area contributed by atoms with Gasteiger partial charge in [-0.1, -0.05) is 28.4 Å². The van der Waals surface area contributed by atoms with Crippen molar-refractivity contribution in [1.29, 1.82) is 0 Å². The third-order valence-electron chi connectivity index (χ3n) is 4.70. The van der Waals surface area contributed by atoms with Crippen LogP contribution in [0.5, 0.6) is 0 Å². The van der Waals surface area contributed by atoms with Crippen LogP contribution in [-0.2, 0) is 14.8 Å². The lowest BCUT2D eigenvalue weighted by Gasteiger charge is -2.26. The Labute approximate surface area is 174 Å². The fourth-order valence-corrected chi connectivity index (χ4v) is 5.19. The number of carbonyl (C=O) groups is 1. The molecular weight excluding hydrogens is 442 g/mol. The summed E-state index contributed by atoms with van der Waals surface area (Å²) in [6.45, 7) is 2.97. The first kappa shape index (κ1) is 20.8. The van der Waals surface area contributed by atoms with Crippen LogP contribution >= 0.6 is 15.9 Å². The number of anilines is 2. The largest absolute Gasteiger partial charge is 0.376 e. The van der Waals surface area contributed by atoms with Gasteiger partial charge >= 0.3 is 0 Å². The van der Waals surface area contributed by atoms with Crippen LogP contribution < -0.4 is 10.6 Å². The molecule has 0 aliphatic carbocycles. The molecule has 0 radical (unpaired) electrons. The predicted molar refractivity (Wildman–Crippen MR) is 115 cm³/mol.